The largest absolute Gasteiger partial charge is 0.348 e. The van der Waals surface area contributed by atoms with E-state index in [-0.39, 0.29) is 5.91 Å². The van der Waals surface area contributed by atoms with E-state index in [1.54, 1.807) is 24.0 Å². The molecule has 3 rings (SSSR count). The predicted molar refractivity (Wildman–Crippen MR) is 59.9 cm³/mol. The lowest BCUT2D eigenvalue weighted by molar-refractivity contribution is 0.0913. The van der Waals surface area contributed by atoms with E-state index in [0.29, 0.717) is 11.7 Å². The summed E-state index contributed by atoms with van der Waals surface area (Å²) in [6, 6.07) is 2.17. The fourth-order valence-corrected chi connectivity index (χ4v) is 3.26. The first-order valence-corrected chi connectivity index (χ1v) is 6.03. The van der Waals surface area contributed by atoms with Crippen molar-refractivity contribution in [2.24, 2.45) is 18.9 Å². The topological polar surface area (TPSA) is 46.9 Å². The zero-order chi connectivity index (χ0) is 11.1. The zero-order valence-electron chi connectivity index (χ0n) is 9.52. The molecule has 0 saturated heterocycles. The van der Waals surface area contributed by atoms with Crippen LogP contribution in [0.1, 0.15) is 36.2 Å². The molecular weight excluding hydrogens is 202 g/mol. The Hall–Kier alpha value is -1.32. The molecule has 1 heterocycles. The summed E-state index contributed by atoms with van der Waals surface area (Å²) in [6.07, 6.45) is 6.81. The van der Waals surface area contributed by atoms with Crippen molar-refractivity contribution < 1.29 is 4.79 Å². The monoisotopic (exact) mass is 219 g/mol. The van der Waals surface area contributed by atoms with Gasteiger partial charge in [-0.05, 0) is 37.2 Å². The van der Waals surface area contributed by atoms with Gasteiger partial charge >= 0.3 is 0 Å². The van der Waals surface area contributed by atoms with E-state index in [1.165, 1.54) is 25.7 Å². The second-order valence-electron chi connectivity index (χ2n) is 5.09. The highest BCUT2D eigenvalue weighted by Gasteiger charge is 2.40. The molecule has 2 saturated carbocycles. The first-order valence-electron chi connectivity index (χ1n) is 6.03. The molecule has 1 aromatic heterocycles. The Bertz CT molecular complexity index is 412. The maximum Gasteiger partial charge on any atom is 0.269 e. The first-order chi connectivity index (χ1) is 7.74. The molecule has 0 unspecified atom stereocenters. The minimum Gasteiger partial charge on any atom is -0.348 e. The summed E-state index contributed by atoms with van der Waals surface area (Å²) in [5.41, 5.74) is 0.655. The lowest BCUT2D eigenvalue weighted by Gasteiger charge is -2.22. The summed E-state index contributed by atoms with van der Waals surface area (Å²) in [5.74, 6) is 1.61. The quantitative estimate of drug-likeness (QED) is 0.816. The third-order valence-electron chi connectivity index (χ3n) is 4.11. The van der Waals surface area contributed by atoms with Crippen molar-refractivity contribution in [2.45, 2.75) is 31.7 Å². The van der Waals surface area contributed by atoms with Gasteiger partial charge in [0.2, 0.25) is 0 Å². The molecule has 0 aromatic carbocycles. The van der Waals surface area contributed by atoms with Crippen LogP contribution in [0.3, 0.4) is 0 Å². The van der Waals surface area contributed by atoms with Gasteiger partial charge in [-0.2, -0.15) is 5.10 Å². The SMILES string of the molecule is Cn1nccc1C(=O)N[C@@H]1C[C@@H]2CC[C@H]1C2. The second kappa shape index (κ2) is 3.61. The highest BCUT2D eigenvalue weighted by molar-refractivity contribution is 5.92. The fourth-order valence-electron chi connectivity index (χ4n) is 3.26. The first kappa shape index (κ1) is 9.87. The number of hydrogen-bond acceptors (Lipinski definition) is 2. The molecule has 86 valence electrons. The Labute approximate surface area is 95.0 Å². The molecule has 3 atom stereocenters. The summed E-state index contributed by atoms with van der Waals surface area (Å²) in [7, 11) is 1.80. The molecule has 16 heavy (non-hydrogen) atoms. The van der Waals surface area contributed by atoms with E-state index < -0.39 is 0 Å². The Morgan fingerprint density at radius 1 is 1.50 bits per heavy atom. The number of rotatable bonds is 2. The van der Waals surface area contributed by atoms with Gasteiger partial charge < -0.3 is 5.32 Å². The molecule has 0 aliphatic heterocycles. The van der Waals surface area contributed by atoms with E-state index in [4.69, 9.17) is 0 Å². The van der Waals surface area contributed by atoms with Crippen LogP contribution in [-0.2, 0) is 7.05 Å². The second-order valence-corrected chi connectivity index (χ2v) is 5.09. The molecule has 2 fully saturated rings. The van der Waals surface area contributed by atoms with Crippen molar-refractivity contribution in [3.8, 4) is 0 Å². The van der Waals surface area contributed by atoms with Crippen LogP contribution in [0.2, 0.25) is 0 Å². The summed E-state index contributed by atoms with van der Waals surface area (Å²) in [6.45, 7) is 0. The Morgan fingerprint density at radius 3 is 2.94 bits per heavy atom. The fraction of sp³-hybridized carbons (Fsp3) is 0.667. The number of carbonyl (C=O) groups is 1. The highest BCUT2D eigenvalue weighted by Crippen LogP contribution is 2.44. The van der Waals surface area contributed by atoms with E-state index in [0.717, 1.165) is 11.8 Å². The van der Waals surface area contributed by atoms with Crippen molar-refractivity contribution in [1.29, 1.82) is 0 Å². The normalized spacial score (nSPS) is 31.9. The maximum atomic E-state index is 12.0. The van der Waals surface area contributed by atoms with Crippen molar-refractivity contribution in [3.63, 3.8) is 0 Å². The number of hydrogen-bond donors (Lipinski definition) is 1. The van der Waals surface area contributed by atoms with Crippen LogP contribution in [0.5, 0.6) is 0 Å². The van der Waals surface area contributed by atoms with Gasteiger partial charge in [0, 0.05) is 19.3 Å². The molecule has 4 heteroatoms. The van der Waals surface area contributed by atoms with Gasteiger partial charge in [-0.1, -0.05) is 6.42 Å². The van der Waals surface area contributed by atoms with Crippen LogP contribution in [0.15, 0.2) is 12.3 Å². The molecule has 4 nitrogen and oxygen atoms in total. The number of aryl methyl sites for hydroxylation is 1. The van der Waals surface area contributed by atoms with Crippen LogP contribution >= 0.6 is 0 Å². The lowest BCUT2D eigenvalue weighted by atomic mass is 9.95. The van der Waals surface area contributed by atoms with Crippen LogP contribution < -0.4 is 5.32 Å². The lowest BCUT2D eigenvalue weighted by Crippen LogP contribution is -2.39. The standard InChI is InChI=1S/C12H17N3O/c1-15-11(4-5-13-15)12(16)14-10-7-8-2-3-9(10)6-8/h4-5,8-10H,2-3,6-7H2,1H3,(H,14,16)/t8-,9+,10-/m1/s1. The molecule has 2 aliphatic rings. The van der Waals surface area contributed by atoms with E-state index in [1.807, 2.05) is 0 Å². The number of amides is 1. The van der Waals surface area contributed by atoms with E-state index in [2.05, 4.69) is 10.4 Å². The van der Waals surface area contributed by atoms with Gasteiger partial charge in [-0.3, -0.25) is 9.48 Å². The zero-order valence-corrected chi connectivity index (χ0v) is 9.52. The number of carbonyl (C=O) groups excluding carboxylic acids is 1. The van der Waals surface area contributed by atoms with E-state index >= 15 is 0 Å². The summed E-state index contributed by atoms with van der Waals surface area (Å²) in [5, 5.41) is 7.17. The van der Waals surface area contributed by atoms with Crippen molar-refractivity contribution >= 4 is 5.91 Å². The van der Waals surface area contributed by atoms with Crippen LogP contribution in [0.25, 0.3) is 0 Å². The van der Waals surface area contributed by atoms with Gasteiger partial charge in [0.25, 0.3) is 5.91 Å². The Balaban J connectivity index is 1.67. The molecule has 0 spiro atoms. The maximum absolute atomic E-state index is 12.0. The molecule has 2 bridgehead atoms. The molecular formula is C12H17N3O. The predicted octanol–water partition coefficient (Wildman–Crippen LogP) is 1.34. The third kappa shape index (κ3) is 1.52. The number of nitrogens with zero attached hydrogens (tertiary/aromatic N) is 2. The highest BCUT2D eigenvalue weighted by atomic mass is 16.2. The summed E-state index contributed by atoms with van der Waals surface area (Å²) in [4.78, 5) is 12.0. The van der Waals surface area contributed by atoms with Crippen molar-refractivity contribution in [2.75, 3.05) is 0 Å². The number of aromatic nitrogens is 2. The van der Waals surface area contributed by atoms with Crippen molar-refractivity contribution in [1.82, 2.24) is 15.1 Å². The van der Waals surface area contributed by atoms with E-state index in [9.17, 15) is 4.79 Å². The summed E-state index contributed by atoms with van der Waals surface area (Å²) < 4.78 is 1.63. The van der Waals surface area contributed by atoms with Gasteiger partial charge in [0.1, 0.15) is 5.69 Å². The van der Waals surface area contributed by atoms with Crippen molar-refractivity contribution in [3.05, 3.63) is 18.0 Å². The molecule has 1 N–H and O–H groups in total. The molecule has 0 radical (unpaired) electrons. The average Bonchev–Trinajstić information content (AvgIpc) is 2.92. The third-order valence-corrected chi connectivity index (χ3v) is 4.11. The van der Waals surface area contributed by atoms with Crippen LogP contribution in [-0.4, -0.2) is 21.7 Å². The Kier molecular flexibility index (Phi) is 2.23. The summed E-state index contributed by atoms with van der Waals surface area (Å²) >= 11 is 0. The minimum absolute atomic E-state index is 0.0255. The minimum atomic E-state index is 0.0255. The van der Waals surface area contributed by atoms with Gasteiger partial charge in [0.05, 0.1) is 0 Å². The molecule has 1 amide bonds. The van der Waals surface area contributed by atoms with Crippen LogP contribution in [0, 0.1) is 11.8 Å². The Morgan fingerprint density at radius 2 is 2.38 bits per heavy atom. The number of nitrogens with one attached hydrogen (secondary N) is 1. The van der Waals surface area contributed by atoms with Gasteiger partial charge in [-0.25, -0.2) is 0 Å². The van der Waals surface area contributed by atoms with Gasteiger partial charge in [0.15, 0.2) is 0 Å². The number of fused-ring (bicyclic) bond motifs is 2. The van der Waals surface area contributed by atoms with Crippen LogP contribution in [0.4, 0.5) is 0 Å². The average molecular weight is 219 g/mol. The molecule has 1 aromatic rings. The van der Waals surface area contributed by atoms with Gasteiger partial charge in [-0.15, -0.1) is 0 Å². The smallest absolute Gasteiger partial charge is 0.269 e. The molecule has 2 aliphatic carbocycles.